The van der Waals surface area contributed by atoms with Crippen LogP contribution in [-0.2, 0) is 13.1 Å². The summed E-state index contributed by atoms with van der Waals surface area (Å²) in [5, 5.41) is 7.16. The number of hydrogen-bond acceptors (Lipinski definition) is 4. The number of aryl methyl sites for hydroxylation is 2. The largest absolute Gasteiger partial charge is 0.338 e. The summed E-state index contributed by atoms with van der Waals surface area (Å²) in [4.78, 5) is 11.5. The van der Waals surface area contributed by atoms with E-state index in [1.807, 2.05) is 22.7 Å². The zero-order valence-electron chi connectivity index (χ0n) is 35.2. The average molecular weight is 809 g/mol. The van der Waals surface area contributed by atoms with Crippen molar-refractivity contribution in [2.24, 2.45) is 0 Å². The zero-order valence-corrected chi connectivity index (χ0v) is 36.9. The molecule has 0 aliphatic carbocycles. The van der Waals surface area contributed by atoms with Gasteiger partial charge in [0.2, 0.25) is 0 Å². The fourth-order valence-electron chi connectivity index (χ4n) is 9.42. The molecule has 8 rings (SSSR count). The van der Waals surface area contributed by atoms with E-state index in [9.17, 15) is 0 Å². The minimum Gasteiger partial charge on any atom is -0.338 e. The van der Waals surface area contributed by atoms with Crippen molar-refractivity contribution < 1.29 is 0 Å². The molecule has 0 unspecified atom stereocenters. The quantitative estimate of drug-likeness (QED) is 0.0570. The van der Waals surface area contributed by atoms with Gasteiger partial charge in [-0.05, 0) is 35.7 Å². The van der Waals surface area contributed by atoms with E-state index in [-0.39, 0.29) is 0 Å². The summed E-state index contributed by atoms with van der Waals surface area (Å²) in [6.07, 6.45) is 26.9. The maximum atomic E-state index is 5.75. The number of fused-ring (bicyclic) bond motifs is 10. The van der Waals surface area contributed by atoms with Crippen molar-refractivity contribution >= 4 is 75.9 Å². The lowest BCUT2D eigenvalue weighted by Crippen LogP contribution is -2.04. The second kappa shape index (κ2) is 20.3. The van der Waals surface area contributed by atoms with Gasteiger partial charge in [0.1, 0.15) is 11.0 Å². The molecule has 0 aliphatic heterocycles. The SMILES string of the molecule is CCCCCCCCCCCCn1c2ccsc2c2c3nc(-c4ccccc4)c(-c4ccccc4)nc3c3c4sccc4n(CCCCCCCCCCCC)c3c21. The first-order valence-corrected chi connectivity index (χ1v) is 24.8. The lowest BCUT2D eigenvalue weighted by Gasteiger charge is -2.15. The Morgan fingerprint density at radius 2 is 0.759 bits per heavy atom. The van der Waals surface area contributed by atoms with Crippen LogP contribution in [0.25, 0.3) is 75.8 Å². The van der Waals surface area contributed by atoms with Crippen LogP contribution in [-0.4, -0.2) is 19.1 Å². The molecule has 0 amide bonds. The molecule has 0 radical (unpaired) electrons. The molecule has 0 spiro atoms. The van der Waals surface area contributed by atoms with E-state index in [0.29, 0.717) is 0 Å². The Morgan fingerprint density at radius 3 is 1.12 bits per heavy atom. The summed E-state index contributed by atoms with van der Waals surface area (Å²) in [6.45, 7) is 6.68. The van der Waals surface area contributed by atoms with Crippen molar-refractivity contribution in [2.45, 2.75) is 155 Å². The van der Waals surface area contributed by atoms with Crippen LogP contribution in [0.4, 0.5) is 0 Å². The van der Waals surface area contributed by atoms with E-state index in [2.05, 4.69) is 107 Å². The van der Waals surface area contributed by atoms with E-state index in [0.717, 1.165) is 46.6 Å². The van der Waals surface area contributed by atoms with Gasteiger partial charge in [0.15, 0.2) is 0 Å². The van der Waals surface area contributed by atoms with Crippen LogP contribution < -0.4 is 0 Å². The summed E-state index contributed by atoms with van der Waals surface area (Å²) in [5.74, 6) is 0. The van der Waals surface area contributed by atoms with Crippen molar-refractivity contribution in [3.63, 3.8) is 0 Å². The van der Waals surface area contributed by atoms with Gasteiger partial charge in [0, 0.05) is 35.0 Å². The third kappa shape index (κ3) is 8.80. The summed E-state index contributed by atoms with van der Waals surface area (Å²) >= 11 is 3.75. The number of rotatable bonds is 24. The van der Waals surface area contributed by atoms with Crippen LogP contribution in [0.2, 0.25) is 0 Å². The van der Waals surface area contributed by atoms with Crippen molar-refractivity contribution in [2.75, 3.05) is 0 Å². The maximum absolute atomic E-state index is 5.75. The van der Waals surface area contributed by atoms with Crippen LogP contribution in [0.1, 0.15) is 142 Å². The summed E-state index contributed by atoms with van der Waals surface area (Å²) < 4.78 is 8.09. The molecular formula is C52H64N4S2. The molecule has 0 bridgehead atoms. The second-order valence-corrected chi connectivity index (χ2v) is 18.6. The highest BCUT2D eigenvalue weighted by Crippen LogP contribution is 2.48. The molecular weight excluding hydrogens is 745 g/mol. The van der Waals surface area contributed by atoms with Crippen LogP contribution in [0.3, 0.4) is 0 Å². The molecule has 6 heteroatoms. The van der Waals surface area contributed by atoms with Gasteiger partial charge in [-0.15, -0.1) is 22.7 Å². The number of nitrogens with zero attached hydrogens (tertiary/aromatic N) is 4. The maximum Gasteiger partial charge on any atom is 0.101 e. The van der Waals surface area contributed by atoms with Crippen LogP contribution in [0.15, 0.2) is 83.6 Å². The van der Waals surface area contributed by atoms with Crippen molar-refractivity contribution in [1.29, 1.82) is 0 Å². The fourth-order valence-corrected chi connectivity index (χ4v) is 11.3. The molecule has 0 saturated heterocycles. The third-order valence-corrected chi connectivity index (χ3v) is 14.3. The van der Waals surface area contributed by atoms with Gasteiger partial charge in [0.05, 0.1) is 42.9 Å². The van der Waals surface area contributed by atoms with Gasteiger partial charge in [-0.2, -0.15) is 0 Å². The normalized spacial score (nSPS) is 12.1. The minimum atomic E-state index is 0.958. The standard InChI is InChI=1S/C52H64N4S2/c1-3-5-7-9-11-13-15-17-19-27-35-55-41-33-37-57-51(41)43-47-48(54-46(40-31-25-22-26-32-40)45(53-47)39-29-23-21-24-30-39)44-50(49(43)55)56(42-34-38-58-52(42)44)36-28-20-18-16-14-12-10-8-6-4-2/h21-26,29-34,37-38H,3-20,27-28,35-36H2,1-2H3. The Balaban J connectivity index is 1.21. The Bertz CT molecular complexity index is 2330. The van der Waals surface area contributed by atoms with E-state index < -0.39 is 0 Å². The molecule has 304 valence electrons. The average Bonchev–Trinajstić information content (AvgIpc) is 4.05. The van der Waals surface area contributed by atoms with E-state index >= 15 is 0 Å². The molecule has 0 fully saturated rings. The predicted molar refractivity (Wildman–Crippen MR) is 256 cm³/mol. The topological polar surface area (TPSA) is 35.6 Å². The van der Waals surface area contributed by atoms with E-state index in [4.69, 9.17) is 9.97 Å². The predicted octanol–water partition coefficient (Wildman–Crippen LogP) is 17.1. The van der Waals surface area contributed by atoms with Gasteiger partial charge in [0.25, 0.3) is 0 Å². The molecule has 8 aromatic rings. The second-order valence-electron chi connectivity index (χ2n) is 16.7. The third-order valence-electron chi connectivity index (χ3n) is 12.5. The Labute approximate surface area is 354 Å². The van der Waals surface area contributed by atoms with Gasteiger partial charge in [-0.25, -0.2) is 9.97 Å². The smallest absolute Gasteiger partial charge is 0.101 e. The first-order chi connectivity index (χ1) is 28.8. The van der Waals surface area contributed by atoms with Crippen molar-refractivity contribution in [1.82, 2.24) is 19.1 Å². The molecule has 0 atom stereocenters. The highest BCUT2D eigenvalue weighted by Gasteiger charge is 2.27. The van der Waals surface area contributed by atoms with Crippen LogP contribution >= 0.6 is 22.7 Å². The van der Waals surface area contributed by atoms with Crippen LogP contribution in [0, 0.1) is 0 Å². The number of benzene rings is 3. The van der Waals surface area contributed by atoms with Gasteiger partial charge in [-0.1, -0.05) is 190 Å². The van der Waals surface area contributed by atoms with E-state index in [1.165, 1.54) is 171 Å². The lowest BCUT2D eigenvalue weighted by molar-refractivity contribution is 0.539. The highest BCUT2D eigenvalue weighted by atomic mass is 32.1. The molecule has 5 heterocycles. The Morgan fingerprint density at radius 1 is 0.414 bits per heavy atom. The molecule has 3 aromatic carbocycles. The monoisotopic (exact) mass is 808 g/mol. The Hall–Kier alpha value is -4.00. The van der Waals surface area contributed by atoms with Gasteiger partial charge in [-0.3, -0.25) is 0 Å². The highest BCUT2D eigenvalue weighted by molar-refractivity contribution is 7.19. The molecule has 0 saturated carbocycles. The number of thiophene rings is 2. The first-order valence-electron chi connectivity index (χ1n) is 23.0. The van der Waals surface area contributed by atoms with Crippen molar-refractivity contribution in [3.05, 3.63) is 83.6 Å². The lowest BCUT2D eigenvalue weighted by atomic mass is 10.0. The summed E-state index contributed by atoms with van der Waals surface area (Å²) in [6, 6.07) is 26.2. The molecule has 58 heavy (non-hydrogen) atoms. The number of unbranched alkanes of at least 4 members (excludes halogenated alkanes) is 18. The summed E-state index contributed by atoms with van der Waals surface area (Å²) in [7, 11) is 0. The minimum absolute atomic E-state index is 0.958. The zero-order chi connectivity index (χ0) is 39.5. The number of aromatic nitrogens is 4. The van der Waals surface area contributed by atoms with Gasteiger partial charge >= 0.3 is 0 Å². The fraction of sp³-hybridized carbons (Fsp3) is 0.462. The summed E-state index contributed by atoms with van der Waals surface area (Å²) in [5.41, 5.74) is 11.7. The molecule has 0 N–H and O–H groups in total. The first kappa shape index (κ1) is 40.8. The van der Waals surface area contributed by atoms with Crippen LogP contribution in [0.5, 0.6) is 0 Å². The molecule has 0 aliphatic rings. The molecule has 5 aromatic heterocycles. The van der Waals surface area contributed by atoms with Crippen molar-refractivity contribution in [3.8, 4) is 22.5 Å². The Kier molecular flexibility index (Phi) is 14.3. The van der Waals surface area contributed by atoms with E-state index in [1.54, 1.807) is 0 Å². The molecule has 4 nitrogen and oxygen atoms in total. The van der Waals surface area contributed by atoms with Gasteiger partial charge < -0.3 is 9.13 Å². The number of hydrogen-bond donors (Lipinski definition) is 0.